The van der Waals surface area contributed by atoms with E-state index in [9.17, 15) is 19.5 Å². The van der Waals surface area contributed by atoms with Crippen LogP contribution in [-0.2, 0) is 11.2 Å². The highest BCUT2D eigenvalue weighted by Gasteiger charge is 2.39. The second-order valence-electron chi connectivity index (χ2n) is 4.73. The number of carbonyl (C=O) groups excluding carboxylic acids is 3. The molecule has 0 unspecified atom stereocenters. The largest absolute Gasteiger partial charge is 0.508 e. The minimum absolute atomic E-state index is 0.0776. The quantitative estimate of drug-likeness (QED) is 0.851. The molecule has 5 heteroatoms. The Labute approximate surface area is 120 Å². The van der Waals surface area contributed by atoms with Crippen molar-refractivity contribution in [1.82, 2.24) is 4.90 Å². The Bertz CT molecular complexity index is 714. The molecule has 0 aliphatic carbocycles. The summed E-state index contributed by atoms with van der Waals surface area (Å²) in [6.07, 6.45) is -0.0776. The minimum atomic E-state index is -0.584. The van der Waals surface area contributed by atoms with Gasteiger partial charge >= 0.3 is 0 Å². The van der Waals surface area contributed by atoms with E-state index in [0.29, 0.717) is 10.5 Å². The number of phenolic OH excluding ortho intramolecular Hbond substituents is 1. The van der Waals surface area contributed by atoms with Gasteiger partial charge in [0.15, 0.2) is 0 Å². The summed E-state index contributed by atoms with van der Waals surface area (Å²) in [5.41, 5.74) is 1.12. The van der Waals surface area contributed by atoms with E-state index in [1.807, 2.05) is 0 Å². The highest BCUT2D eigenvalue weighted by atomic mass is 16.3. The Hall–Kier alpha value is -2.95. The van der Waals surface area contributed by atoms with Crippen molar-refractivity contribution in [2.24, 2.45) is 0 Å². The van der Waals surface area contributed by atoms with E-state index in [0.717, 1.165) is 0 Å². The van der Waals surface area contributed by atoms with Gasteiger partial charge in [-0.3, -0.25) is 14.4 Å². The summed E-state index contributed by atoms with van der Waals surface area (Å²) < 4.78 is 0. The van der Waals surface area contributed by atoms with Gasteiger partial charge in [0, 0.05) is 0 Å². The van der Waals surface area contributed by atoms with Crippen LogP contribution in [0, 0.1) is 0 Å². The Kier molecular flexibility index (Phi) is 3.02. The zero-order valence-corrected chi connectivity index (χ0v) is 10.9. The molecule has 1 aliphatic rings. The third-order valence-corrected chi connectivity index (χ3v) is 3.34. The smallest absolute Gasteiger partial charge is 0.268 e. The summed E-state index contributed by atoms with van der Waals surface area (Å²) in [5, 5.41) is 9.20. The molecule has 0 saturated heterocycles. The SMILES string of the molecule is O=C(Cc1ccc(O)cc1)N1C(=O)c2ccccc2C1=O. The average Bonchev–Trinajstić information content (AvgIpc) is 2.74. The molecule has 2 aromatic rings. The lowest BCUT2D eigenvalue weighted by Crippen LogP contribution is -2.37. The first-order valence-electron chi connectivity index (χ1n) is 6.36. The van der Waals surface area contributed by atoms with E-state index in [2.05, 4.69) is 0 Å². The molecule has 1 aliphatic heterocycles. The van der Waals surface area contributed by atoms with Gasteiger partial charge in [0.25, 0.3) is 11.8 Å². The summed E-state index contributed by atoms with van der Waals surface area (Å²) in [6.45, 7) is 0. The molecule has 5 nitrogen and oxygen atoms in total. The number of imide groups is 3. The standard InChI is InChI=1S/C16H11NO4/c18-11-7-5-10(6-8-11)9-14(19)17-15(20)12-3-1-2-4-13(12)16(17)21/h1-8,18H,9H2. The molecule has 2 aromatic carbocycles. The summed E-state index contributed by atoms with van der Waals surface area (Å²) >= 11 is 0. The fourth-order valence-corrected chi connectivity index (χ4v) is 2.28. The number of carbonyl (C=O) groups is 3. The second-order valence-corrected chi connectivity index (χ2v) is 4.73. The first kappa shape index (κ1) is 13.1. The molecule has 0 fully saturated rings. The molecule has 0 atom stereocenters. The van der Waals surface area contributed by atoms with Crippen LogP contribution in [0.4, 0.5) is 0 Å². The molecule has 1 N–H and O–H groups in total. The van der Waals surface area contributed by atoms with E-state index in [-0.39, 0.29) is 23.3 Å². The van der Waals surface area contributed by atoms with E-state index in [1.165, 1.54) is 24.3 Å². The molecular formula is C16H11NO4. The van der Waals surface area contributed by atoms with Crippen LogP contribution < -0.4 is 0 Å². The average molecular weight is 281 g/mol. The fraction of sp³-hybridized carbons (Fsp3) is 0.0625. The fourth-order valence-electron chi connectivity index (χ4n) is 2.28. The topological polar surface area (TPSA) is 74.7 Å². The van der Waals surface area contributed by atoms with Crippen LogP contribution in [0.2, 0.25) is 0 Å². The first-order valence-corrected chi connectivity index (χ1v) is 6.36. The molecule has 1 heterocycles. The molecule has 0 aromatic heterocycles. The number of benzene rings is 2. The first-order chi connectivity index (χ1) is 10.1. The number of nitrogens with zero attached hydrogens (tertiary/aromatic N) is 1. The normalized spacial score (nSPS) is 13.4. The van der Waals surface area contributed by atoms with Gasteiger partial charge in [0.1, 0.15) is 5.75 Å². The van der Waals surface area contributed by atoms with Crippen molar-refractivity contribution >= 4 is 17.7 Å². The van der Waals surface area contributed by atoms with Gasteiger partial charge < -0.3 is 5.11 Å². The molecule has 104 valence electrons. The molecule has 0 bridgehead atoms. The molecule has 3 amide bonds. The third kappa shape index (κ3) is 2.18. The summed E-state index contributed by atoms with van der Waals surface area (Å²) in [6, 6.07) is 12.4. The minimum Gasteiger partial charge on any atom is -0.508 e. The van der Waals surface area contributed by atoms with E-state index >= 15 is 0 Å². The molecular weight excluding hydrogens is 270 g/mol. The number of hydrogen-bond acceptors (Lipinski definition) is 4. The number of fused-ring (bicyclic) bond motifs is 1. The maximum absolute atomic E-state index is 12.2. The van der Waals surface area contributed by atoms with Crippen LogP contribution in [0.25, 0.3) is 0 Å². The zero-order valence-electron chi connectivity index (χ0n) is 10.9. The van der Waals surface area contributed by atoms with Crippen molar-refractivity contribution in [1.29, 1.82) is 0 Å². The van der Waals surface area contributed by atoms with E-state index < -0.39 is 17.7 Å². The summed E-state index contributed by atoms with van der Waals surface area (Å²) in [5.74, 6) is -1.66. The highest BCUT2D eigenvalue weighted by molar-refractivity contribution is 6.29. The van der Waals surface area contributed by atoms with E-state index in [1.54, 1.807) is 24.3 Å². The molecule has 0 spiro atoms. The Morgan fingerprint density at radius 2 is 1.43 bits per heavy atom. The molecule has 21 heavy (non-hydrogen) atoms. The predicted octanol–water partition coefficient (Wildman–Crippen LogP) is 1.76. The third-order valence-electron chi connectivity index (χ3n) is 3.34. The number of aromatic hydroxyl groups is 1. The molecule has 0 radical (unpaired) electrons. The number of rotatable bonds is 2. The number of amides is 3. The second kappa shape index (κ2) is 4.86. The molecule has 0 saturated carbocycles. The van der Waals surface area contributed by atoms with Gasteiger partial charge in [-0.2, -0.15) is 0 Å². The van der Waals surface area contributed by atoms with Crippen molar-refractivity contribution < 1.29 is 19.5 Å². The van der Waals surface area contributed by atoms with Gasteiger partial charge in [0.2, 0.25) is 5.91 Å². The summed E-state index contributed by atoms with van der Waals surface area (Å²) in [7, 11) is 0. The summed E-state index contributed by atoms with van der Waals surface area (Å²) in [4.78, 5) is 37.2. The number of hydrogen-bond donors (Lipinski definition) is 1. The van der Waals surface area contributed by atoms with Gasteiger partial charge in [-0.25, -0.2) is 4.90 Å². The van der Waals surface area contributed by atoms with Crippen molar-refractivity contribution in [3.63, 3.8) is 0 Å². The lowest BCUT2D eigenvalue weighted by atomic mass is 10.1. The van der Waals surface area contributed by atoms with Crippen molar-refractivity contribution in [2.75, 3.05) is 0 Å². The van der Waals surface area contributed by atoms with Gasteiger partial charge in [0.05, 0.1) is 17.5 Å². The Balaban J connectivity index is 1.85. The van der Waals surface area contributed by atoms with Crippen LogP contribution in [0.3, 0.4) is 0 Å². The highest BCUT2D eigenvalue weighted by Crippen LogP contribution is 2.23. The number of phenols is 1. The maximum Gasteiger partial charge on any atom is 0.268 e. The van der Waals surface area contributed by atoms with E-state index in [4.69, 9.17) is 0 Å². The van der Waals surface area contributed by atoms with Gasteiger partial charge in [-0.15, -0.1) is 0 Å². The van der Waals surface area contributed by atoms with Crippen molar-refractivity contribution in [2.45, 2.75) is 6.42 Å². The zero-order chi connectivity index (χ0) is 15.0. The Morgan fingerprint density at radius 1 is 0.905 bits per heavy atom. The lowest BCUT2D eigenvalue weighted by Gasteiger charge is -2.11. The maximum atomic E-state index is 12.2. The van der Waals surface area contributed by atoms with Crippen LogP contribution in [-0.4, -0.2) is 27.7 Å². The van der Waals surface area contributed by atoms with Crippen LogP contribution >= 0.6 is 0 Å². The Morgan fingerprint density at radius 3 is 1.95 bits per heavy atom. The molecule has 3 rings (SSSR count). The van der Waals surface area contributed by atoms with Crippen LogP contribution in [0.15, 0.2) is 48.5 Å². The van der Waals surface area contributed by atoms with Crippen LogP contribution in [0.5, 0.6) is 5.75 Å². The van der Waals surface area contributed by atoms with Crippen molar-refractivity contribution in [3.8, 4) is 5.75 Å². The van der Waals surface area contributed by atoms with Gasteiger partial charge in [-0.05, 0) is 29.8 Å². The monoisotopic (exact) mass is 281 g/mol. The van der Waals surface area contributed by atoms with Gasteiger partial charge in [-0.1, -0.05) is 24.3 Å². The van der Waals surface area contributed by atoms with Crippen molar-refractivity contribution in [3.05, 3.63) is 65.2 Å². The lowest BCUT2D eigenvalue weighted by molar-refractivity contribution is -0.125. The van der Waals surface area contributed by atoms with Crippen LogP contribution in [0.1, 0.15) is 26.3 Å². The predicted molar refractivity (Wildman–Crippen MR) is 73.8 cm³/mol.